The van der Waals surface area contributed by atoms with E-state index in [4.69, 9.17) is 5.11 Å². The van der Waals surface area contributed by atoms with Gasteiger partial charge in [0.05, 0.1) is 17.2 Å². The van der Waals surface area contributed by atoms with Crippen molar-refractivity contribution in [2.24, 2.45) is 0 Å². The Hall–Kier alpha value is -2.36. The van der Waals surface area contributed by atoms with E-state index in [1.807, 2.05) is 0 Å². The van der Waals surface area contributed by atoms with Gasteiger partial charge in [-0.15, -0.1) is 0 Å². The van der Waals surface area contributed by atoms with Gasteiger partial charge in [-0.1, -0.05) is 11.8 Å². The Balaban J connectivity index is 2.16. The molecule has 21 heavy (non-hydrogen) atoms. The highest BCUT2D eigenvalue weighted by Crippen LogP contribution is 2.15. The predicted molar refractivity (Wildman–Crippen MR) is 80.1 cm³/mol. The number of hydrogen-bond donors (Lipinski definition) is 2. The van der Waals surface area contributed by atoms with Crippen molar-refractivity contribution >= 4 is 15.7 Å². The van der Waals surface area contributed by atoms with Gasteiger partial charge in [-0.3, -0.25) is 9.71 Å². The van der Waals surface area contributed by atoms with Crippen LogP contribution < -0.4 is 4.72 Å². The minimum absolute atomic E-state index is 0.00924. The molecule has 0 aliphatic rings. The number of sulfonamides is 1. The molecule has 5 nitrogen and oxygen atoms in total. The summed E-state index contributed by atoms with van der Waals surface area (Å²) >= 11 is 0. The van der Waals surface area contributed by atoms with E-state index in [1.54, 1.807) is 24.3 Å². The fraction of sp³-hybridized carbons (Fsp3) is 0.133. The Bertz CT molecular complexity index is 745. The fourth-order valence-electron chi connectivity index (χ4n) is 1.57. The summed E-state index contributed by atoms with van der Waals surface area (Å²) in [6.07, 6.45) is 3.42. The first-order valence-electron chi connectivity index (χ1n) is 6.24. The molecule has 0 saturated heterocycles. The van der Waals surface area contributed by atoms with Gasteiger partial charge < -0.3 is 5.11 Å². The Morgan fingerprint density at radius 1 is 1.10 bits per heavy atom. The van der Waals surface area contributed by atoms with E-state index in [0.717, 1.165) is 0 Å². The number of nitrogens with zero attached hydrogens (tertiary/aromatic N) is 1. The normalized spacial score (nSPS) is 10.5. The zero-order valence-electron chi connectivity index (χ0n) is 11.2. The average molecular weight is 302 g/mol. The van der Waals surface area contributed by atoms with E-state index in [1.165, 1.54) is 24.5 Å². The molecule has 0 fully saturated rings. The maximum Gasteiger partial charge on any atom is 0.261 e. The number of rotatable bonds is 4. The highest BCUT2D eigenvalue weighted by Gasteiger charge is 2.13. The molecule has 1 aromatic heterocycles. The molecule has 0 aliphatic carbocycles. The van der Waals surface area contributed by atoms with E-state index in [0.29, 0.717) is 17.7 Å². The lowest BCUT2D eigenvalue weighted by molar-refractivity contribution is 0.305. The molecule has 2 aromatic rings. The molecular formula is C15H14N2O3S. The van der Waals surface area contributed by atoms with E-state index in [2.05, 4.69) is 21.5 Å². The molecule has 2 N–H and O–H groups in total. The van der Waals surface area contributed by atoms with Crippen LogP contribution in [0.1, 0.15) is 12.0 Å². The van der Waals surface area contributed by atoms with E-state index in [9.17, 15) is 8.42 Å². The predicted octanol–water partition coefficient (Wildman–Crippen LogP) is 1.62. The lowest BCUT2D eigenvalue weighted by atomic mass is 10.2. The quantitative estimate of drug-likeness (QED) is 0.841. The molecule has 0 spiro atoms. The van der Waals surface area contributed by atoms with Crippen LogP contribution in [0.25, 0.3) is 0 Å². The number of hydrogen-bond acceptors (Lipinski definition) is 4. The first-order chi connectivity index (χ1) is 10.1. The van der Waals surface area contributed by atoms with Crippen LogP contribution in [0.15, 0.2) is 53.7 Å². The second-order valence-electron chi connectivity index (χ2n) is 4.14. The molecule has 0 aliphatic heterocycles. The Kier molecular flexibility index (Phi) is 4.93. The van der Waals surface area contributed by atoms with Crippen LogP contribution in [0.5, 0.6) is 0 Å². The Labute approximate surface area is 123 Å². The van der Waals surface area contributed by atoms with Crippen molar-refractivity contribution < 1.29 is 13.5 Å². The van der Waals surface area contributed by atoms with Gasteiger partial charge in [-0.05, 0) is 36.4 Å². The van der Waals surface area contributed by atoms with Gasteiger partial charge in [-0.2, -0.15) is 0 Å². The minimum atomic E-state index is -3.62. The van der Waals surface area contributed by atoms with Crippen molar-refractivity contribution in [2.75, 3.05) is 11.3 Å². The van der Waals surface area contributed by atoms with Gasteiger partial charge in [0, 0.05) is 24.4 Å². The number of pyridine rings is 1. The smallest absolute Gasteiger partial charge is 0.261 e. The van der Waals surface area contributed by atoms with Crippen molar-refractivity contribution in [3.63, 3.8) is 0 Å². The van der Waals surface area contributed by atoms with Crippen LogP contribution >= 0.6 is 0 Å². The topological polar surface area (TPSA) is 79.3 Å². The van der Waals surface area contributed by atoms with E-state index in [-0.39, 0.29) is 11.5 Å². The number of aliphatic hydroxyl groups excluding tert-OH is 1. The van der Waals surface area contributed by atoms with Crippen LogP contribution in [-0.2, 0) is 10.0 Å². The number of aliphatic hydroxyl groups is 1. The van der Waals surface area contributed by atoms with Crippen LogP contribution in [-0.4, -0.2) is 25.1 Å². The monoisotopic (exact) mass is 302 g/mol. The molecular weight excluding hydrogens is 288 g/mol. The lowest BCUT2D eigenvalue weighted by Gasteiger charge is -2.07. The van der Waals surface area contributed by atoms with Gasteiger partial charge >= 0.3 is 0 Å². The van der Waals surface area contributed by atoms with Gasteiger partial charge in [0.15, 0.2) is 0 Å². The molecule has 0 radical (unpaired) electrons. The zero-order valence-corrected chi connectivity index (χ0v) is 12.0. The highest BCUT2D eigenvalue weighted by atomic mass is 32.2. The molecule has 0 saturated carbocycles. The largest absolute Gasteiger partial charge is 0.395 e. The van der Waals surface area contributed by atoms with Crippen molar-refractivity contribution in [3.8, 4) is 11.8 Å². The molecule has 108 valence electrons. The van der Waals surface area contributed by atoms with Crippen molar-refractivity contribution in [1.29, 1.82) is 0 Å². The number of nitrogens with one attached hydrogen (secondary N) is 1. The third-order valence-electron chi connectivity index (χ3n) is 2.57. The third-order valence-corrected chi connectivity index (χ3v) is 3.96. The maximum atomic E-state index is 12.2. The van der Waals surface area contributed by atoms with Gasteiger partial charge in [0.1, 0.15) is 0 Å². The Morgan fingerprint density at radius 3 is 2.38 bits per heavy atom. The second kappa shape index (κ2) is 6.88. The highest BCUT2D eigenvalue weighted by molar-refractivity contribution is 7.92. The summed E-state index contributed by atoms with van der Waals surface area (Å²) in [5.74, 6) is 5.62. The molecule has 1 heterocycles. The zero-order chi connectivity index (χ0) is 15.1. The fourth-order valence-corrected chi connectivity index (χ4v) is 2.63. The molecule has 2 rings (SSSR count). The first-order valence-corrected chi connectivity index (χ1v) is 7.73. The standard InChI is InChI=1S/C15H14N2O3S/c18-12-2-1-3-13-4-6-15(7-5-13)21(19,20)17-14-8-10-16-11-9-14/h4-11,18H,2,12H2,(H,16,17). The summed E-state index contributed by atoms with van der Waals surface area (Å²) in [6, 6.07) is 9.40. The molecule has 0 amide bonds. The third kappa shape index (κ3) is 4.31. The summed E-state index contributed by atoms with van der Waals surface area (Å²) in [5, 5.41) is 8.64. The molecule has 0 atom stereocenters. The SMILES string of the molecule is O=S(=O)(Nc1ccncc1)c1ccc(C#CCCO)cc1. The van der Waals surface area contributed by atoms with Crippen LogP contribution in [0.3, 0.4) is 0 Å². The summed E-state index contributed by atoms with van der Waals surface area (Å²) in [6.45, 7) is 0.00924. The van der Waals surface area contributed by atoms with Gasteiger partial charge in [0.25, 0.3) is 10.0 Å². The number of anilines is 1. The van der Waals surface area contributed by atoms with Crippen molar-refractivity contribution in [2.45, 2.75) is 11.3 Å². The summed E-state index contributed by atoms with van der Waals surface area (Å²) in [5.41, 5.74) is 1.16. The maximum absolute atomic E-state index is 12.2. The van der Waals surface area contributed by atoms with Crippen LogP contribution in [0.2, 0.25) is 0 Å². The summed E-state index contributed by atoms with van der Waals surface area (Å²) in [4.78, 5) is 3.99. The van der Waals surface area contributed by atoms with Crippen molar-refractivity contribution in [1.82, 2.24) is 4.98 Å². The van der Waals surface area contributed by atoms with Crippen LogP contribution in [0.4, 0.5) is 5.69 Å². The molecule has 6 heteroatoms. The summed E-state index contributed by atoms with van der Waals surface area (Å²) < 4.78 is 26.8. The van der Waals surface area contributed by atoms with E-state index < -0.39 is 10.0 Å². The van der Waals surface area contributed by atoms with E-state index >= 15 is 0 Å². The Morgan fingerprint density at radius 2 is 1.76 bits per heavy atom. The van der Waals surface area contributed by atoms with Crippen molar-refractivity contribution in [3.05, 3.63) is 54.4 Å². The molecule has 0 bridgehead atoms. The lowest BCUT2D eigenvalue weighted by Crippen LogP contribution is -2.12. The number of aromatic nitrogens is 1. The number of benzene rings is 1. The van der Waals surface area contributed by atoms with Crippen LogP contribution in [0, 0.1) is 11.8 Å². The summed E-state index contributed by atoms with van der Waals surface area (Å²) in [7, 11) is -3.62. The molecule has 0 unspecified atom stereocenters. The average Bonchev–Trinajstić information content (AvgIpc) is 2.49. The first kappa shape index (κ1) is 15.0. The minimum Gasteiger partial charge on any atom is -0.395 e. The van der Waals surface area contributed by atoms with Gasteiger partial charge in [-0.25, -0.2) is 8.42 Å². The molecule has 1 aromatic carbocycles. The second-order valence-corrected chi connectivity index (χ2v) is 5.82. The van der Waals surface area contributed by atoms with Gasteiger partial charge in [0.2, 0.25) is 0 Å².